The molecule has 0 saturated carbocycles. The molecule has 1 aromatic heterocycles. The summed E-state index contributed by atoms with van der Waals surface area (Å²) in [6.45, 7) is 0.630. The highest BCUT2D eigenvalue weighted by Gasteiger charge is 2.19. The number of alkyl halides is 2. The Bertz CT molecular complexity index is 1110. The SMILES string of the molecule is O=C(NCc1cccc(OCC(F)F)c1)N1CC=C(c2c[nH]c3cc(F)ccc23)CC1. The zero-order valence-electron chi connectivity index (χ0n) is 16.7. The maximum Gasteiger partial charge on any atom is 0.317 e. The van der Waals surface area contributed by atoms with Gasteiger partial charge < -0.3 is 19.9 Å². The van der Waals surface area contributed by atoms with Crippen molar-refractivity contribution in [2.75, 3.05) is 19.7 Å². The minimum atomic E-state index is -2.54. The van der Waals surface area contributed by atoms with Crippen LogP contribution in [0.3, 0.4) is 0 Å². The lowest BCUT2D eigenvalue weighted by Gasteiger charge is -2.26. The fraction of sp³-hybridized carbons (Fsp3) is 0.261. The molecule has 0 radical (unpaired) electrons. The largest absolute Gasteiger partial charge is 0.488 e. The number of nitrogens with zero attached hydrogens (tertiary/aromatic N) is 1. The van der Waals surface area contributed by atoms with E-state index >= 15 is 0 Å². The Balaban J connectivity index is 1.34. The second-order valence-corrected chi connectivity index (χ2v) is 7.33. The van der Waals surface area contributed by atoms with Gasteiger partial charge in [-0.1, -0.05) is 18.2 Å². The minimum absolute atomic E-state index is 0.199. The third-order valence-electron chi connectivity index (χ3n) is 5.20. The maximum absolute atomic E-state index is 13.4. The number of benzene rings is 2. The zero-order chi connectivity index (χ0) is 21.8. The highest BCUT2D eigenvalue weighted by Crippen LogP contribution is 2.29. The van der Waals surface area contributed by atoms with E-state index in [1.807, 2.05) is 12.3 Å². The van der Waals surface area contributed by atoms with Gasteiger partial charge in [0.15, 0.2) is 0 Å². The van der Waals surface area contributed by atoms with E-state index < -0.39 is 13.0 Å². The minimum Gasteiger partial charge on any atom is -0.488 e. The van der Waals surface area contributed by atoms with E-state index in [9.17, 15) is 18.0 Å². The molecule has 0 spiro atoms. The molecule has 0 unspecified atom stereocenters. The number of halogens is 3. The van der Waals surface area contributed by atoms with Crippen LogP contribution in [0, 0.1) is 5.82 Å². The van der Waals surface area contributed by atoms with Gasteiger partial charge in [0.2, 0.25) is 0 Å². The van der Waals surface area contributed by atoms with Gasteiger partial charge in [-0.15, -0.1) is 0 Å². The van der Waals surface area contributed by atoms with Crippen molar-refractivity contribution in [1.82, 2.24) is 15.2 Å². The molecule has 4 rings (SSSR count). The number of amides is 2. The molecule has 0 atom stereocenters. The van der Waals surface area contributed by atoms with Crippen LogP contribution in [0.2, 0.25) is 0 Å². The number of ether oxygens (including phenoxy) is 1. The van der Waals surface area contributed by atoms with Crippen LogP contribution in [0.4, 0.5) is 18.0 Å². The molecule has 1 aliphatic rings. The van der Waals surface area contributed by atoms with E-state index in [-0.39, 0.29) is 18.4 Å². The van der Waals surface area contributed by atoms with E-state index in [4.69, 9.17) is 4.74 Å². The maximum atomic E-state index is 13.4. The number of carbonyl (C=O) groups is 1. The first-order valence-corrected chi connectivity index (χ1v) is 9.98. The number of H-pyrrole nitrogens is 1. The highest BCUT2D eigenvalue weighted by molar-refractivity contribution is 5.93. The summed E-state index contributed by atoms with van der Waals surface area (Å²) in [4.78, 5) is 17.3. The Morgan fingerprint density at radius 1 is 1.23 bits per heavy atom. The van der Waals surface area contributed by atoms with E-state index in [1.165, 1.54) is 12.1 Å². The van der Waals surface area contributed by atoms with E-state index in [0.717, 1.165) is 27.6 Å². The normalized spacial score (nSPS) is 14.1. The van der Waals surface area contributed by atoms with Crippen molar-refractivity contribution in [2.24, 2.45) is 0 Å². The van der Waals surface area contributed by atoms with Gasteiger partial charge in [-0.3, -0.25) is 0 Å². The van der Waals surface area contributed by atoms with Crippen molar-refractivity contribution >= 4 is 22.5 Å². The first kappa shape index (κ1) is 20.8. The average Bonchev–Trinajstić information content (AvgIpc) is 3.19. The molecule has 162 valence electrons. The molecule has 0 aliphatic carbocycles. The number of aromatic nitrogens is 1. The van der Waals surface area contributed by atoms with Crippen molar-refractivity contribution in [3.8, 4) is 5.75 Å². The smallest absolute Gasteiger partial charge is 0.317 e. The fourth-order valence-corrected chi connectivity index (χ4v) is 3.66. The quantitative estimate of drug-likeness (QED) is 0.583. The number of aromatic amines is 1. The molecule has 2 N–H and O–H groups in total. The third-order valence-corrected chi connectivity index (χ3v) is 5.20. The summed E-state index contributed by atoms with van der Waals surface area (Å²) in [6, 6.07) is 11.2. The predicted octanol–water partition coefficient (Wildman–Crippen LogP) is 4.95. The molecule has 0 saturated heterocycles. The lowest BCUT2D eigenvalue weighted by molar-refractivity contribution is 0.0818. The predicted molar refractivity (Wildman–Crippen MR) is 113 cm³/mol. The zero-order valence-corrected chi connectivity index (χ0v) is 16.7. The molecular weight excluding hydrogens is 407 g/mol. The van der Waals surface area contributed by atoms with Gasteiger partial charge in [0, 0.05) is 42.3 Å². The molecular formula is C23H22F3N3O2. The van der Waals surface area contributed by atoms with Gasteiger partial charge in [-0.2, -0.15) is 0 Å². The van der Waals surface area contributed by atoms with Crippen LogP contribution in [0.15, 0.2) is 54.7 Å². The summed E-state index contributed by atoms with van der Waals surface area (Å²) < 4.78 is 43.0. The van der Waals surface area contributed by atoms with Crippen molar-refractivity contribution in [2.45, 2.75) is 19.4 Å². The van der Waals surface area contributed by atoms with Crippen LogP contribution in [0.25, 0.3) is 16.5 Å². The Morgan fingerprint density at radius 2 is 2.10 bits per heavy atom. The Morgan fingerprint density at radius 3 is 2.87 bits per heavy atom. The van der Waals surface area contributed by atoms with Crippen LogP contribution >= 0.6 is 0 Å². The highest BCUT2D eigenvalue weighted by atomic mass is 19.3. The number of fused-ring (bicyclic) bond motifs is 1. The summed E-state index contributed by atoms with van der Waals surface area (Å²) >= 11 is 0. The van der Waals surface area contributed by atoms with Gasteiger partial charge >= 0.3 is 6.03 Å². The van der Waals surface area contributed by atoms with Crippen LogP contribution in [-0.4, -0.2) is 42.0 Å². The van der Waals surface area contributed by atoms with E-state index in [1.54, 1.807) is 35.2 Å². The summed E-state index contributed by atoms with van der Waals surface area (Å²) in [6.07, 6.45) is 2.03. The van der Waals surface area contributed by atoms with Crippen molar-refractivity contribution in [3.05, 3.63) is 71.7 Å². The molecule has 0 bridgehead atoms. The van der Waals surface area contributed by atoms with Gasteiger partial charge in [-0.25, -0.2) is 18.0 Å². The lowest BCUT2D eigenvalue weighted by atomic mass is 9.99. The topological polar surface area (TPSA) is 57.4 Å². The van der Waals surface area contributed by atoms with E-state index in [2.05, 4.69) is 10.3 Å². The molecule has 3 aromatic rings. The molecule has 31 heavy (non-hydrogen) atoms. The number of hydrogen-bond acceptors (Lipinski definition) is 2. The van der Waals surface area contributed by atoms with Crippen molar-refractivity contribution in [1.29, 1.82) is 0 Å². The monoisotopic (exact) mass is 429 g/mol. The lowest BCUT2D eigenvalue weighted by Crippen LogP contribution is -2.41. The van der Waals surface area contributed by atoms with Crippen molar-refractivity contribution < 1.29 is 22.7 Å². The number of rotatable bonds is 6. The van der Waals surface area contributed by atoms with Gasteiger partial charge in [0.05, 0.1) is 0 Å². The molecule has 8 heteroatoms. The third kappa shape index (κ3) is 5.02. The number of urea groups is 1. The summed E-state index contributed by atoms with van der Waals surface area (Å²) in [7, 11) is 0. The number of carbonyl (C=O) groups excluding carboxylic acids is 1. The van der Waals surface area contributed by atoms with Crippen LogP contribution in [0.5, 0.6) is 5.75 Å². The van der Waals surface area contributed by atoms with E-state index in [0.29, 0.717) is 25.3 Å². The summed E-state index contributed by atoms with van der Waals surface area (Å²) in [5, 5.41) is 3.81. The fourth-order valence-electron chi connectivity index (χ4n) is 3.66. The van der Waals surface area contributed by atoms with Crippen LogP contribution in [0.1, 0.15) is 17.5 Å². The molecule has 5 nitrogen and oxygen atoms in total. The summed E-state index contributed by atoms with van der Waals surface area (Å²) in [5.74, 6) is 0.0590. The second-order valence-electron chi connectivity index (χ2n) is 7.33. The first-order chi connectivity index (χ1) is 15.0. The molecule has 1 aliphatic heterocycles. The first-order valence-electron chi connectivity index (χ1n) is 9.98. The Hall–Kier alpha value is -3.42. The van der Waals surface area contributed by atoms with Gasteiger partial charge in [-0.05, 0) is 47.9 Å². The van der Waals surface area contributed by atoms with Gasteiger partial charge in [0.1, 0.15) is 18.2 Å². The second kappa shape index (κ2) is 9.16. The van der Waals surface area contributed by atoms with Crippen LogP contribution in [-0.2, 0) is 6.54 Å². The number of nitrogens with one attached hydrogen (secondary N) is 2. The Labute approximate surface area is 177 Å². The number of hydrogen-bond donors (Lipinski definition) is 2. The summed E-state index contributed by atoms with van der Waals surface area (Å²) in [5.41, 5.74) is 3.65. The van der Waals surface area contributed by atoms with Crippen molar-refractivity contribution in [3.63, 3.8) is 0 Å². The molecule has 2 heterocycles. The molecule has 2 aromatic carbocycles. The van der Waals surface area contributed by atoms with Crippen LogP contribution < -0.4 is 10.1 Å². The molecule has 0 fully saturated rings. The standard InChI is InChI=1S/C23H22F3N3O2/c24-17-4-5-19-20(13-27-21(19)11-17)16-6-8-29(9-7-16)23(30)28-12-15-2-1-3-18(10-15)31-14-22(25)26/h1-6,10-11,13,22,27H,7-9,12,14H2,(H,28,30). The average molecular weight is 429 g/mol. The molecule has 2 amide bonds. The Kier molecular flexibility index (Phi) is 6.16. The van der Waals surface area contributed by atoms with Gasteiger partial charge in [0.25, 0.3) is 6.43 Å².